The number of hydrogen-bond acceptors (Lipinski definition) is 3. The van der Waals surface area contributed by atoms with Crippen LogP contribution in [0.5, 0.6) is 0 Å². The van der Waals surface area contributed by atoms with Crippen molar-refractivity contribution < 1.29 is 14.6 Å². The fourth-order valence-electron chi connectivity index (χ4n) is 1.18. The Morgan fingerprint density at radius 2 is 2.13 bits per heavy atom. The number of carboxylic acids is 1. The van der Waals surface area contributed by atoms with E-state index in [1.54, 1.807) is 0 Å². The molecular formula is C10H10BNO3. The molecule has 1 rings (SSSR count). The summed E-state index contributed by atoms with van der Waals surface area (Å²) in [5, 5.41) is 8.83. The third-order valence-electron chi connectivity index (χ3n) is 1.88. The van der Waals surface area contributed by atoms with Crippen molar-refractivity contribution in [2.75, 3.05) is 0 Å². The number of aliphatic imine (C=N–C) groups is 1. The summed E-state index contributed by atoms with van der Waals surface area (Å²) in [5.41, 5.74) is 0.882. The van der Waals surface area contributed by atoms with E-state index in [0.29, 0.717) is 13.6 Å². The van der Waals surface area contributed by atoms with Gasteiger partial charge in [-0.1, -0.05) is 0 Å². The first-order valence-electron chi connectivity index (χ1n) is 4.47. The van der Waals surface area contributed by atoms with Gasteiger partial charge in [0.15, 0.2) is 0 Å². The molecule has 0 saturated heterocycles. The van der Waals surface area contributed by atoms with Gasteiger partial charge in [-0.25, -0.2) is 0 Å². The van der Waals surface area contributed by atoms with E-state index in [1.165, 1.54) is 0 Å². The number of hydrogen-bond donors (Lipinski definition) is 1. The van der Waals surface area contributed by atoms with Gasteiger partial charge >= 0.3 is 87.2 Å². The molecular weight excluding hydrogens is 193 g/mol. The van der Waals surface area contributed by atoms with Gasteiger partial charge in [0.1, 0.15) is 0 Å². The Morgan fingerprint density at radius 3 is 2.67 bits per heavy atom. The Labute approximate surface area is 87.9 Å². The topological polar surface area (TPSA) is 66.7 Å². The zero-order valence-corrected chi connectivity index (χ0v) is 8.04. The van der Waals surface area contributed by atoms with E-state index in [-0.39, 0.29) is 0 Å². The minimum atomic E-state index is -1.03. The van der Waals surface area contributed by atoms with Crippen LogP contribution >= 0.6 is 0 Å². The van der Waals surface area contributed by atoms with Crippen LogP contribution in [0.25, 0.3) is 0 Å². The van der Waals surface area contributed by atoms with E-state index in [0.717, 1.165) is 11.7 Å². The van der Waals surface area contributed by atoms with Gasteiger partial charge in [-0.2, -0.15) is 0 Å². The quantitative estimate of drug-likeness (QED) is 0.567. The molecule has 76 valence electrons. The van der Waals surface area contributed by atoms with Gasteiger partial charge in [0.2, 0.25) is 0 Å². The van der Waals surface area contributed by atoms with E-state index in [4.69, 9.17) is 5.11 Å². The molecule has 5 heteroatoms. The molecule has 0 radical (unpaired) electrons. The van der Waals surface area contributed by atoms with E-state index in [2.05, 4.69) is 4.99 Å². The van der Waals surface area contributed by atoms with Gasteiger partial charge < -0.3 is 0 Å². The molecule has 0 unspecified atom stereocenters. The van der Waals surface area contributed by atoms with Crippen LogP contribution in [0.4, 0.5) is 0 Å². The molecule has 0 aromatic heterocycles. The predicted octanol–water partition coefficient (Wildman–Crippen LogP) is 0.760. The zero-order valence-electron chi connectivity index (χ0n) is 8.04. The van der Waals surface area contributed by atoms with Crippen LogP contribution in [-0.4, -0.2) is 30.4 Å². The van der Waals surface area contributed by atoms with Crippen molar-refractivity contribution >= 4 is 19.2 Å². The molecule has 1 aromatic carbocycles. The van der Waals surface area contributed by atoms with Crippen molar-refractivity contribution in [1.29, 1.82) is 0 Å². The summed E-state index contributed by atoms with van der Waals surface area (Å²) in [6.45, 7) is 0. The second-order valence-electron chi connectivity index (χ2n) is 2.98. The van der Waals surface area contributed by atoms with Crippen LogP contribution in [0.1, 0.15) is 5.56 Å². The molecule has 1 atom stereocenters. The molecule has 1 aromatic rings. The average Bonchev–Trinajstić information content (AvgIpc) is 2.25. The fourth-order valence-corrected chi connectivity index (χ4v) is 1.18. The molecule has 15 heavy (non-hydrogen) atoms. The monoisotopic (exact) mass is 203 g/mol. The van der Waals surface area contributed by atoms with E-state index < -0.39 is 12.0 Å². The second-order valence-corrected chi connectivity index (χ2v) is 2.98. The summed E-state index contributed by atoms with van der Waals surface area (Å²) in [6.07, 6.45) is 1.27. The van der Waals surface area contributed by atoms with Crippen molar-refractivity contribution in [3.05, 3.63) is 35.9 Å². The van der Waals surface area contributed by atoms with Crippen LogP contribution in [0.2, 0.25) is 0 Å². The third-order valence-corrected chi connectivity index (χ3v) is 1.88. The third kappa shape index (κ3) is 3.85. The van der Waals surface area contributed by atoms with Crippen molar-refractivity contribution in [3.8, 4) is 0 Å². The summed E-state index contributed by atoms with van der Waals surface area (Å²) in [5.74, 6) is -1.03. The van der Waals surface area contributed by atoms with Crippen LogP contribution in [0, 0.1) is 0 Å². The Bertz CT molecular complexity index is 364. The Kier molecular flexibility index (Phi) is 4.41. The summed E-state index contributed by atoms with van der Waals surface area (Å²) in [6, 6.07) is 8.28. The molecule has 1 N–H and O–H groups in total. The number of carbonyl (C=O) groups is 1. The number of benzene rings is 1. The Balaban J connectivity index is 2.71. The average molecular weight is 203 g/mol. The number of aliphatic carboxylic acids is 1. The molecule has 0 aliphatic heterocycles. The fraction of sp³-hybridized carbons (Fsp3) is 0.200. The Morgan fingerprint density at radius 1 is 1.47 bits per heavy atom. The zero-order chi connectivity index (χ0) is 11.1. The van der Waals surface area contributed by atoms with E-state index in [9.17, 15) is 9.50 Å². The van der Waals surface area contributed by atoms with E-state index >= 15 is 0 Å². The molecule has 0 spiro atoms. The molecule has 4 nitrogen and oxygen atoms in total. The van der Waals surface area contributed by atoms with Crippen LogP contribution in [0.15, 0.2) is 35.3 Å². The maximum atomic E-state index is 10.8. The Hall–Kier alpha value is -1.78. The van der Waals surface area contributed by atoms with Gasteiger partial charge in [-0.05, 0) is 0 Å². The van der Waals surface area contributed by atoms with Gasteiger partial charge in [-0.3, -0.25) is 0 Å². The first-order chi connectivity index (χ1) is 7.24. The van der Waals surface area contributed by atoms with Crippen molar-refractivity contribution in [2.24, 2.45) is 4.99 Å². The van der Waals surface area contributed by atoms with Gasteiger partial charge in [0.25, 0.3) is 0 Å². The molecule has 0 fully saturated rings. The van der Waals surface area contributed by atoms with Crippen LogP contribution in [-0.2, 0) is 15.9 Å². The van der Waals surface area contributed by atoms with E-state index in [1.807, 2.05) is 30.3 Å². The number of carboxylic acid groups (broad SMARTS) is 1. The summed E-state index contributed by atoms with van der Waals surface area (Å²) >= 11 is 0. The normalized spacial score (nSPS) is 12.3. The van der Waals surface area contributed by atoms with Gasteiger partial charge in [0, 0.05) is 0 Å². The summed E-state index contributed by atoms with van der Waals surface area (Å²) < 4.78 is 10.0. The van der Waals surface area contributed by atoms with Crippen molar-refractivity contribution in [1.82, 2.24) is 0 Å². The summed E-state index contributed by atoms with van der Waals surface area (Å²) in [4.78, 5) is 14.4. The molecule has 0 heterocycles. The van der Waals surface area contributed by atoms with Crippen LogP contribution in [0.3, 0.4) is 0 Å². The predicted molar refractivity (Wildman–Crippen MR) is 56.5 cm³/mol. The maximum absolute atomic E-state index is 10.8. The standard InChI is InChI=1S/C10H10BNO3/c13-10(14)9(12-7-11-15)6-8-4-2-1-3-5-8/h1-5,7,9H,6H2,(H,13,14)/b12-7-/t9-/m0/s1. The number of rotatable bonds is 5. The molecule has 0 aliphatic carbocycles. The first-order valence-corrected chi connectivity index (χ1v) is 4.47. The molecule has 0 bridgehead atoms. The minimum absolute atomic E-state index is 0.292. The molecule has 0 aliphatic rings. The second kappa shape index (κ2) is 5.85. The molecule has 0 saturated carbocycles. The SMILES string of the molecule is O=B/C=N\[C@@H](Cc1ccccc1)C(=O)O. The number of nitrogens with zero attached hydrogens (tertiary/aromatic N) is 1. The van der Waals surface area contributed by atoms with Gasteiger partial charge in [0.05, 0.1) is 0 Å². The van der Waals surface area contributed by atoms with Crippen LogP contribution < -0.4 is 0 Å². The first kappa shape index (κ1) is 11.3. The molecule has 0 amide bonds. The van der Waals surface area contributed by atoms with Crippen molar-refractivity contribution in [2.45, 2.75) is 12.5 Å². The van der Waals surface area contributed by atoms with Crippen molar-refractivity contribution in [3.63, 3.8) is 0 Å². The summed E-state index contributed by atoms with van der Waals surface area (Å²) in [7, 11) is 0.473. The van der Waals surface area contributed by atoms with Gasteiger partial charge in [-0.15, -0.1) is 0 Å².